The van der Waals surface area contributed by atoms with Crippen molar-refractivity contribution in [2.45, 2.75) is 25.4 Å². The van der Waals surface area contributed by atoms with Crippen molar-refractivity contribution in [2.24, 2.45) is 0 Å². The van der Waals surface area contributed by atoms with Gasteiger partial charge in [0.2, 0.25) is 0 Å². The molecule has 1 atom stereocenters. The topological polar surface area (TPSA) is 58.3 Å². The number of pyridine rings is 1. The fourth-order valence-electron chi connectivity index (χ4n) is 3.33. The molecular formula is C16H19N5O. The number of fused-ring (bicyclic) bond motifs is 1. The molecule has 0 aromatic carbocycles. The van der Waals surface area contributed by atoms with Gasteiger partial charge in [-0.3, -0.25) is 9.30 Å². The van der Waals surface area contributed by atoms with E-state index in [2.05, 4.69) is 21.0 Å². The Kier molecular flexibility index (Phi) is 3.31. The van der Waals surface area contributed by atoms with Crippen molar-refractivity contribution < 1.29 is 0 Å². The van der Waals surface area contributed by atoms with Gasteiger partial charge in [0.25, 0.3) is 0 Å². The molecule has 6 heteroatoms. The van der Waals surface area contributed by atoms with E-state index in [1.165, 1.54) is 18.5 Å². The number of nitrogens with one attached hydrogen (secondary N) is 1. The standard InChI is InChI=1S/C16H19N5O/c22-16-20-10-2-1-7-15(20)18-21(16)12-11-19-9-4-6-14(19)13-5-3-8-17-13/h1-3,5,7-8,10,14,17H,4,6,9,11-12H2/t14-/m1/s1. The minimum Gasteiger partial charge on any atom is -0.364 e. The molecule has 0 unspecified atom stereocenters. The lowest BCUT2D eigenvalue weighted by Gasteiger charge is -2.23. The van der Waals surface area contributed by atoms with Crippen LogP contribution in [0.3, 0.4) is 0 Å². The summed E-state index contributed by atoms with van der Waals surface area (Å²) < 4.78 is 3.16. The molecule has 0 aliphatic carbocycles. The summed E-state index contributed by atoms with van der Waals surface area (Å²) in [7, 11) is 0. The Morgan fingerprint density at radius 2 is 2.18 bits per heavy atom. The average molecular weight is 297 g/mol. The minimum absolute atomic E-state index is 0.0637. The van der Waals surface area contributed by atoms with Crippen LogP contribution in [0.4, 0.5) is 0 Å². The molecule has 0 amide bonds. The zero-order valence-corrected chi connectivity index (χ0v) is 12.4. The van der Waals surface area contributed by atoms with E-state index < -0.39 is 0 Å². The molecule has 1 fully saturated rings. The maximum absolute atomic E-state index is 12.3. The first-order valence-electron chi connectivity index (χ1n) is 7.74. The fraction of sp³-hybridized carbons (Fsp3) is 0.375. The van der Waals surface area contributed by atoms with Gasteiger partial charge in [-0.15, -0.1) is 5.10 Å². The van der Waals surface area contributed by atoms with E-state index in [1.54, 1.807) is 15.3 Å². The summed E-state index contributed by atoms with van der Waals surface area (Å²) in [5.74, 6) is 0. The summed E-state index contributed by atoms with van der Waals surface area (Å²) in [5.41, 5.74) is 1.90. The first kappa shape index (κ1) is 13.3. The smallest absolute Gasteiger partial charge is 0.350 e. The number of nitrogens with zero attached hydrogens (tertiary/aromatic N) is 4. The molecule has 1 saturated heterocycles. The highest BCUT2D eigenvalue weighted by Gasteiger charge is 2.26. The van der Waals surface area contributed by atoms with Gasteiger partial charge in [-0.1, -0.05) is 6.07 Å². The molecule has 1 N–H and O–H groups in total. The maximum Gasteiger partial charge on any atom is 0.350 e. The molecule has 114 valence electrons. The van der Waals surface area contributed by atoms with Crippen LogP contribution in [0.1, 0.15) is 24.6 Å². The molecule has 4 rings (SSSR count). The number of hydrogen-bond donors (Lipinski definition) is 1. The van der Waals surface area contributed by atoms with Gasteiger partial charge < -0.3 is 4.98 Å². The minimum atomic E-state index is -0.0637. The lowest BCUT2D eigenvalue weighted by atomic mass is 10.1. The van der Waals surface area contributed by atoms with E-state index in [0.717, 1.165) is 13.1 Å². The quantitative estimate of drug-likeness (QED) is 0.797. The first-order valence-corrected chi connectivity index (χ1v) is 7.74. The summed E-state index contributed by atoms with van der Waals surface area (Å²) in [6, 6.07) is 10.2. The van der Waals surface area contributed by atoms with Gasteiger partial charge >= 0.3 is 5.69 Å². The van der Waals surface area contributed by atoms with Crippen molar-refractivity contribution in [3.05, 3.63) is 58.9 Å². The Balaban J connectivity index is 1.52. The van der Waals surface area contributed by atoms with Crippen LogP contribution in [0, 0.1) is 0 Å². The van der Waals surface area contributed by atoms with Crippen molar-refractivity contribution in [1.29, 1.82) is 0 Å². The Morgan fingerprint density at radius 3 is 3.00 bits per heavy atom. The zero-order chi connectivity index (χ0) is 14.9. The molecular weight excluding hydrogens is 278 g/mol. The molecule has 1 aliphatic rings. The summed E-state index contributed by atoms with van der Waals surface area (Å²) in [6.45, 7) is 2.54. The molecule has 22 heavy (non-hydrogen) atoms. The van der Waals surface area contributed by atoms with Crippen LogP contribution in [0.2, 0.25) is 0 Å². The monoisotopic (exact) mass is 297 g/mol. The second-order valence-electron chi connectivity index (χ2n) is 5.75. The molecule has 1 aliphatic heterocycles. The predicted octanol–water partition coefficient (Wildman–Crippen LogP) is 1.66. The van der Waals surface area contributed by atoms with Crippen molar-refractivity contribution in [3.8, 4) is 0 Å². The van der Waals surface area contributed by atoms with Crippen LogP contribution in [0.25, 0.3) is 5.65 Å². The van der Waals surface area contributed by atoms with Gasteiger partial charge in [-0.25, -0.2) is 9.48 Å². The van der Waals surface area contributed by atoms with Crippen molar-refractivity contribution in [3.63, 3.8) is 0 Å². The summed E-state index contributed by atoms with van der Waals surface area (Å²) >= 11 is 0. The molecule has 0 bridgehead atoms. The van der Waals surface area contributed by atoms with Gasteiger partial charge in [0.15, 0.2) is 5.65 Å². The second kappa shape index (κ2) is 5.46. The third kappa shape index (κ3) is 2.25. The highest BCUT2D eigenvalue weighted by molar-refractivity contribution is 5.35. The van der Waals surface area contributed by atoms with Crippen LogP contribution < -0.4 is 5.69 Å². The average Bonchev–Trinajstić information content (AvgIpc) is 3.25. The Morgan fingerprint density at radius 1 is 1.23 bits per heavy atom. The zero-order valence-electron chi connectivity index (χ0n) is 12.4. The van der Waals surface area contributed by atoms with Crippen molar-refractivity contribution in [1.82, 2.24) is 24.1 Å². The lowest BCUT2D eigenvalue weighted by Crippen LogP contribution is -2.31. The third-order valence-electron chi connectivity index (χ3n) is 4.43. The van der Waals surface area contributed by atoms with Gasteiger partial charge in [-0.2, -0.15) is 0 Å². The predicted molar refractivity (Wildman–Crippen MR) is 83.8 cm³/mol. The molecule has 4 heterocycles. The molecule has 3 aromatic heterocycles. The summed E-state index contributed by atoms with van der Waals surface area (Å²) in [5, 5.41) is 4.39. The lowest BCUT2D eigenvalue weighted by molar-refractivity contribution is 0.238. The summed E-state index contributed by atoms with van der Waals surface area (Å²) in [4.78, 5) is 18.0. The second-order valence-corrected chi connectivity index (χ2v) is 5.75. The molecule has 6 nitrogen and oxygen atoms in total. The van der Waals surface area contributed by atoms with Crippen molar-refractivity contribution >= 4 is 5.65 Å². The number of hydrogen-bond acceptors (Lipinski definition) is 3. The number of aromatic amines is 1. The van der Waals surface area contributed by atoms with E-state index in [9.17, 15) is 4.79 Å². The van der Waals surface area contributed by atoms with Crippen LogP contribution >= 0.6 is 0 Å². The highest BCUT2D eigenvalue weighted by Crippen LogP contribution is 2.30. The number of rotatable bonds is 4. The van der Waals surface area contributed by atoms with Gasteiger partial charge in [-0.05, 0) is 43.7 Å². The summed E-state index contributed by atoms with van der Waals surface area (Å²) in [6.07, 6.45) is 6.10. The van der Waals surface area contributed by atoms with Crippen LogP contribution in [0.15, 0.2) is 47.5 Å². The SMILES string of the molecule is O=c1n(CCN2CCC[C@@H]2c2ccc[nH]2)nc2ccccn12. The van der Waals surface area contributed by atoms with Gasteiger partial charge in [0, 0.05) is 30.7 Å². The van der Waals surface area contributed by atoms with Crippen LogP contribution in [-0.2, 0) is 6.54 Å². The largest absolute Gasteiger partial charge is 0.364 e. The molecule has 0 spiro atoms. The normalized spacial score (nSPS) is 19.2. The van der Waals surface area contributed by atoms with E-state index in [0.29, 0.717) is 18.2 Å². The van der Waals surface area contributed by atoms with E-state index in [4.69, 9.17) is 0 Å². The number of likely N-dealkylation sites (tertiary alicyclic amines) is 1. The molecule has 0 radical (unpaired) electrons. The Labute approximate surface area is 128 Å². The maximum atomic E-state index is 12.3. The number of H-pyrrole nitrogens is 1. The van der Waals surface area contributed by atoms with E-state index >= 15 is 0 Å². The number of aromatic nitrogens is 4. The Bertz CT molecular complexity index is 817. The van der Waals surface area contributed by atoms with Gasteiger partial charge in [0.05, 0.1) is 6.54 Å². The van der Waals surface area contributed by atoms with Crippen LogP contribution in [0.5, 0.6) is 0 Å². The molecule has 0 saturated carbocycles. The van der Waals surface area contributed by atoms with Crippen molar-refractivity contribution in [2.75, 3.05) is 13.1 Å². The third-order valence-corrected chi connectivity index (χ3v) is 4.43. The van der Waals surface area contributed by atoms with Gasteiger partial charge in [0.1, 0.15) is 0 Å². The van der Waals surface area contributed by atoms with Crippen LogP contribution in [-0.4, -0.2) is 37.2 Å². The van der Waals surface area contributed by atoms with E-state index in [-0.39, 0.29) is 5.69 Å². The highest BCUT2D eigenvalue weighted by atomic mass is 16.2. The fourth-order valence-corrected chi connectivity index (χ4v) is 3.33. The molecule has 3 aromatic rings. The Hall–Kier alpha value is -2.34. The first-order chi connectivity index (χ1) is 10.8. The van der Waals surface area contributed by atoms with E-state index in [1.807, 2.05) is 30.5 Å².